The summed E-state index contributed by atoms with van der Waals surface area (Å²) in [6, 6.07) is 4.44. The molecule has 7 nitrogen and oxygen atoms in total. The fraction of sp³-hybridized carbons (Fsp3) is 0.375. The van der Waals surface area contributed by atoms with Crippen molar-refractivity contribution in [2.45, 2.75) is 30.9 Å². The minimum Gasteiger partial charge on any atom is -0.478 e. The number of aromatic nitrogens is 1. The largest absolute Gasteiger partial charge is 0.478 e. The number of hydrogen-bond acceptors (Lipinski definition) is 6. The van der Waals surface area contributed by atoms with Gasteiger partial charge in [0.25, 0.3) is 10.0 Å². The van der Waals surface area contributed by atoms with Crippen LogP contribution in [0.2, 0.25) is 0 Å². The summed E-state index contributed by atoms with van der Waals surface area (Å²) in [6.45, 7) is 5.33. The van der Waals surface area contributed by atoms with Gasteiger partial charge in [-0.2, -0.15) is 0 Å². The van der Waals surface area contributed by atoms with Crippen molar-refractivity contribution in [2.24, 2.45) is 0 Å². The van der Waals surface area contributed by atoms with Crippen molar-refractivity contribution < 1.29 is 18.3 Å². The molecule has 2 N–H and O–H groups in total. The van der Waals surface area contributed by atoms with E-state index in [4.69, 9.17) is 0 Å². The minimum atomic E-state index is -3.84. The number of carboxylic acid groups (broad SMARTS) is 1. The van der Waals surface area contributed by atoms with Gasteiger partial charge in [-0.25, -0.2) is 18.2 Å². The number of sulfonamides is 1. The van der Waals surface area contributed by atoms with E-state index in [1.54, 1.807) is 6.07 Å². The Labute approximate surface area is 165 Å². The third-order valence-corrected chi connectivity index (χ3v) is 7.12. The molecular formula is C16H20BrN3O4S2. The normalized spacial score (nSPS) is 11.3. The maximum absolute atomic E-state index is 12.7. The lowest BCUT2D eigenvalue weighted by Crippen LogP contribution is -2.27. The molecule has 0 aliphatic heterocycles. The van der Waals surface area contributed by atoms with Crippen LogP contribution in [0.5, 0.6) is 0 Å². The van der Waals surface area contributed by atoms with Crippen molar-refractivity contribution in [3.05, 3.63) is 33.7 Å². The summed E-state index contributed by atoms with van der Waals surface area (Å²) < 4.78 is 28.6. The number of halogens is 1. The summed E-state index contributed by atoms with van der Waals surface area (Å²) in [6.07, 6.45) is 3.14. The first-order valence-electron chi connectivity index (χ1n) is 8.05. The first-order valence-corrected chi connectivity index (χ1v) is 11.1. The maximum atomic E-state index is 12.7. The van der Waals surface area contributed by atoms with E-state index in [2.05, 4.69) is 32.6 Å². The molecule has 10 heteroatoms. The number of rotatable bonds is 9. The number of hydrogen-bond donors (Lipinski definition) is 2. The molecule has 0 fully saturated rings. The minimum absolute atomic E-state index is 0.0784. The average Bonchev–Trinajstić information content (AvgIpc) is 3.03. The van der Waals surface area contributed by atoms with Crippen LogP contribution < -0.4 is 9.62 Å². The number of carbonyl (C=O) groups is 1. The Hall–Kier alpha value is -1.65. The molecule has 0 saturated carbocycles. The van der Waals surface area contributed by atoms with Crippen LogP contribution >= 0.6 is 27.3 Å². The van der Waals surface area contributed by atoms with Crippen molar-refractivity contribution in [1.82, 2.24) is 4.98 Å². The third-order valence-electron chi connectivity index (χ3n) is 3.63. The topological polar surface area (TPSA) is 99.6 Å². The van der Waals surface area contributed by atoms with Crippen LogP contribution in [0.15, 0.2) is 32.4 Å². The van der Waals surface area contributed by atoms with Gasteiger partial charge in [-0.05, 0) is 47.5 Å². The number of nitrogens with one attached hydrogen (secondary N) is 1. The van der Waals surface area contributed by atoms with E-state index in [9.17, 15) is 18.3 Å². The maximum Gasteiger partial charge on any atom is 0.337 e. The van der Waals surface area contributed by atoms with Crippen molar-refractivity contribution in [1.29, 1.82) is 0 Å². The van der Waals surface area contributed by atoms with Crippen LogP contribution in [-0.2, 0) is 10.0 Å². The molecule has 142 valence electrons. The highest BCUT2D eigenvalue weighted by molar-refractivity contribution is 9.11. The SMILES string of the molecule is CCCCN(CC)c1ncc(C(=O)O)cc1NS(=O)(=O)c1ccc(Br)s1. The van der Waals surface area contributed by atoms with Crippen molar-refractivity contribution in [3.8, 4) is 0 Å². The van der Waals surface area contributed by atoms with E-state index in [0.717, 1.165) is 24.2 Å². The fourth-order valence-electron chi connectivity index (χ4n) is 2.30. The molecule has 0 aliphatic carbocycles. The second kappa shape index (κ2) is 8.83. The van der Waals surface area contributed by atoms with E-state index in [1.807, 2.05) is 11.8 Å². The Morgan fingerprint density at radius 2 is 2.12 bits per heavy atom. The molecule has 2 aromatic heterocycles. The second-order valence-corrected chi connectivity index (χ2v) is 9.87. The van der Waals surface area contributed by atoms with Gasteiger partial charge >= 0.3 is 5.97 Å². The number of unbranched alkanes of at least 4 members (excludes halogenated alkanes) is 1. The highest BCUT2D eigenvalue weighted by atomic mass is 79.9. The van der Waals surface area contributed by atoms with Crippen LogP contribution in [-0.4, -0.2) is 37.6 Å². The summed E-state index contributed by atoms with van der Waals surface area (Å²) in [5.74, 6) is -0.745. The lowest BCUT2D eigenvalue weighted by molar-refractivity contribution is 0.0696. The molecule has 26 heavy (non-hydrogen) atoms. The number of thiophene rings is 1. The molecule has 0 radical (unpaired) electrons. The number of anilines is 2. The zero-order chi connectivity index (χ0) is 19.3. The van der Waals surface area contributed by atoms with Gasteiger partial charge in [-0.15, -0.1) is 11.3 Å². The van der Waals surface area contributed by atoms with Gasteiger partial charge in [-0.3, -0.25) is 4.72 Å². The number of aromatic carboxylic acids is 1. The van der Waals surface area contributed by atoms with E-state index < -0.39 is 16.0 Å². The van der Waals surface area contributed by atoms with Gasteiger partial charge in [0.05, 0.1) is 15.0 Å². The third kappa shape index (κ3) is 4.95. The predicted molar refractivity (Wildman–Crippen MR) is 107 cm³/mol. The molecule has 0 aliphatic rings. The Balaban J connectivity index is 2.46. The molecule has 0 saturated heterocycles. The van der Waals surface area contributed by atoms with Gasteiger partial charge < -0.3 is 10.0 Å². The molecule has 2 heterocycles. The van der Waals surface area contributed by atoms with Gasteiger partial charge in [-0.1, -0.05) is 13.3 Å². The Bertz CT molecular complexity index is 883. The molecule has 0 atom stereocenters. The molecule has 0 spiro atoms. The van der Waals surface area contributed by atoms with Crippen LogP contribution in [0, 0.1) is 0 Å². The Kier molecular flexibility index (Phi) is 7.01. The monoisotopic (exact) mass is 461 g/mol. The number of carboxylic acids is 1. The van der Waals surface area contributed by atoms with Crippen LogP contribution in [0.3, 0.4) is 0 Å². The fourth-order valence-corrected chi connectivity index (χ4v) is 5.36. The molecule has 0 aromatic carbocycles. The summed E-state index contributed by atoms with van der Waals surface area (Å²) in [7, 11) is -3.84. The van der Waals surface area contributed by atoms with Gasteiger partial charge in [0, 0.05) is 19.3 Å². The summed E-state index contributed by atoms with van der Waals surface area (Å²) in [4.78, 5) is 17.4. The lowest BCUT2D eigenvalue weighted by Gasteiger charge is -2.24. The van der Waals surface area contributed by atoms with Crippen molar-refractivity contribution in [3.63, 3.8) is 0 Å². The van der Waals surface area contributed by atoms with E-state index in [0.29, 0.717) is 22.7 Å². The highest BCUT2D eigenvalue weighted by Crippen LogP contribution is 2.31. The Morgan fingerprint density at radius 1 is 1.38 bits per heavy atom. The van der Waals surface area contributed by atoms with E-state index in [1.165, 1.54) is 18.3 Å². The molecule has 0 amide bonds. The summed E-state index contributed by atoms with van der Waals surface area (Å²) in [5.41, 5.74) is 0.0812. The molecule has 2 aromatic rings. The molecule has 0 unspecified atom stereocenters. The number of pyridine rings is 1. The lowest BCUT2D eigenvalue weighted by atomic mass is 10.2. The van der Waals surface area contributed by atoms with Gasteiger partial charge in [0.15, 0.2) is 5.82 Å². The zero-order valence-corrected chi connectivity index (χ0v) is 17.6. The predicted octanol–water partition coefficient (Wildman–Crippen LogP) is 4.03. The van der Waals surface area contributed by atoms with Crippen molar-refractivity contribution >= 4 is 54.8 Å². The second-order valence-electron chi connectivity index (χ2n) is 5.50. The zero-order valence-electron chi connectivity index (χ0n) is 14.4. The molecule has 2 rings (SSSR count). The van der Waals surface area contributed by atoms with Crippen LogP contribution in [0.1, 0.15) is 37.0 Å². The first kappa shape index (κ1) is 20.7. The molecular weight excluding hydrogens is 442 g/mol. The van der Waals surface area contributed by atoms with E-state index >= 15 is 0 Å². The first-order chi connectivity index (χ1) is 12.3. The smallest absolute Gasteiger partial charge is 0.337 e. The van der Waals surface area contributed by atoms with Crippen molar-refractivity contribution in [2.75, 3.05) is 22.7 Å². The quantitative estimate of drug-likeness (QED) is 0.584. The van der Waals surface area contributed by atoms with Crippen LogP contribution in [0.25, 0.3) is 0 Å². The molecule has 0 bridgehead atoms. The standard InChI is InChI=1S/C16H20BrN3O4S2/c1-3-5-8-20(4-2)15-12(9-11(10-18-15)16(21)22)19-26(23,24)14-7-6-13(17)25-14/h6-7,9-10,19H,3-5,8H2,1-2H3,(H,21,22). The summed E-state index contributed by atoms with van der Waals surface area (Å²) in [5, 5.41) is 9.22. The number of nitrogens with zero attached hydrogens (tertiary/aromatic N) is 2. The highest BCUT2D eigenvalue weighted by Gasteiger charge is 2.22. The van der Waals surface area contributed by atoms with Gasteiger partial charge in [0.1, 0.15) is 4.21 Å². The van der Waals surface area contributed by atoms with E-state index in [-0.39, 0.29) is 15.5 Å². The van der Waals surface area contributed by atoms with Crippen LogP contribution in [0.4, 0.5) is 11.5 Å². The summed E-state index contributed by atoms with van der Waals surface area (Å²) >= 11 is 4.32. The average molecular weight is 462 g/mol. The Morgan fingerprint density at radius 3 is 2.65 bits per heavy atom. The van der Waals surface area contributed by atoms with Gasteiger partial charge in [0.2, 0.25) is 0 Å².